The van der Waals surface area contributed by atoms with Crippen LogP contribution < -0.4 is 0 Å². The molecule has 2 aliphatic heterocycles. The van der Waals surface area contributed by atoms with E-state index in [0.29, 0.717) is 0 Å². The highest BCUT2D eigenvalue weighted by Gasteiger charge is 2.39. The van der Waals surface area contributed by atoms with Gasteiger partial charge in [0.1, 0.15) is 0 Å². The van der Waals surface area contributed by atoms with Gasteiger partial charge >= 0.3 is 0 Å². The number of hydrogen-bond acceptors (Lipinski definition) is 3. The highest BCUT2D eigenvalue weighted by Crippen LogP contribution is 2.45. The second-order valence-electron chi connectivity index (χ2n) is 5.36. The SMILES string of the molecule is CC1(C)CN2C=CSC2=NC1c1ccccc1Cl. The molecule has 4 heteroatoms. The van der Waals surface area contributed by atoms with E-state index in [2.05, 4.69) is 36.4 Å². The maximum Gasteiger partial charge on any atom is 0.168 e. The van der Waals surface area contributed by atoms with E-state index in [1.165, 1.54) is 0 Å². The van der Waals surface area contributed by atoms with E-state index < -0.39 is 0 Å². The first-order chi connectivity index (χ1) is 8.58. The van der Waals surface area contributed by atoms with Crippen molar-refractivity contribution in [3.63, 3.8) is 0 Å². The first-order valence-electron chi connectivity index (χ1n) is 6.00. The molecular formula is C14H15ClN2S. The Morgan fingerprint density at radius 1 is 1.39 bits per heavy atom. The smallest absolute Gasteiger partial charge is 0.168 e. The summed E-state index contributed by atoms with van der Waals surface area (Å²) in [6.07, 6.45) is 2.11. The molecule has 0 N–H and O–H groups in total. The van der Waals surface area contributed by atoms with Crippen LogP contribution >= 0.6 is 23.4 Å². The van der Waals surface area contributed by atoms with Crippen molar-refractivity contribution in [2.24, 2.45) is 10.4 Å². The van der Waals surface area contributed by atoms with Crippen LogP contribution in [0.5, 0.6) is 0 Å². The second-order valence-corrected chi connectivity index (χ2v) is 6.64. The minimum Gasteiger partial charge on any atom is -0.326 e. The average molecular weight is 279 g/mol. The Morgan fingerprint density at radius 2 is 2.17 bits per heavy atom. The number of rotatable bonds is 1. The second kappa shape index (κ2) is 4.32. The summed E-state index contributed by atoms with van der Waals surface area (Å²) < 4.78 is 0. The molecule has 0 aliphatic carbocycles. The quantitative estimate of drug-likeness (QED) is 0.761. The number of fused-ring (bicyclic) bond motifs is 1. The lowest BCUT2D eigenvalue weighted by atomic mass is 9.79. The average Bonchev–Trinajstić information content (AvgIpc) is 2.74. The third-order valence-corrected chi connectivity index (χ3v) is 4.57. The molecule has 94 valence electrons. The van der Waals surface area contributed by atoms with Gasteiger partial charge in [0, 0.05) is 23.2 Å². The third-order valence-electron chi connectivity index (χ3n) is 3.42. The molecule has 1 aromatic carbocycles. The summed E-state index contributed by atoms with van der Waals surface area (Å²) in [7, 11) is 0. The minimum absolute atomic E-state index is 0.0731. The fourth-order valence-electron chi connectivity index (χ4n) is 2.52. The lowest BCUT2D eigenvalue weighted by Crippen LogP contribution is -2.40. The van der Waals surface area contributed by atoms with E-state index in [-0.39, 0.29) is 11.5 Å². The molecule has 0 spiro atoms. The summed E-state index contributed by atoms with van der Waals surface area (Å²) in [5.74, 6) is 0. The molecule has 0 aromatic heterocycles. The number of aliphatic imine (C=N–C) groups is 1. The van der Waals surface area contributed by atoms with E-state index in [4.69, 9.17) is 16.6 Å². The highest BCUT2D eigenvalue weighted by molar-refractivity contribution is 8.16. The number of benzene rings is 1. The summed E-state index contributed by atoms with van der Waals surface area (Å²) in [5.41, 5.74) is 1.20. The van der Waals surface area contributed by atoms with E-state index >= 15 is 0 Å². The van der Waals surface area contributed by atoms with Crippen LogP contribution in [0, 0.1) is 5.41 Å². The van der Waals surface area contributed by atoms with Crippen molar-refractivity contribution >= 4 is 28.5 Å². The first kappa shape index (κ1) is 12.1. The Bertz CT molecular complexity index is 536. The van der Waals surface area contributed by atoms with Crippen molar-refractivity contribution in [1.29, 1.82) is 0 Å². The van der Waals surface area contributed by atoms with Gasteiger partial charge < -0.3 is 4.90 Å². The lowest BCUT2D eigenvalue weighted by Gasteiger charge is -2.40. The van der Waals surface area contributed by atoms with Gasteiger partial charge in [-0.25, -0.2) is 0 Å². The predicted octanol–water partition coefficient (Wildman–Crippen LogP) is 4.30. The molecule has 0 amide bonds. The molecule has 1 unspecified atom stereocenters. The van der Waals surface area contributed by atoms with Crippen LogP contribution in [0.25, 0.3) is 0 Å². The highest BCUT2D eigenvalue weighted by atomic mass is 35.5. The van der Waals surface area contributed by atoms with Crippen LogP contribution in [-0.2, 0) is 0 Å². The Labute approximate surface area is 117 Å². The van der Waals surface area contributed by atoms with Crippen LogP contribution in [0.2, 0.25) is 5.02 Å². The summed E-state index contributed by atoms with van der Waals surface area (Å²) in [5, 5.41) is 3.98. The first-order valence-corrected chi connectivity index (χ1v) is 7.26. The van der Waals surface area contributed by atoms with Crippen molar-refractivity contribution in [1.82, 2.24) is 4.90 Å². The fourth-order valence-corrected chi connectivity index (χ4v) is 3.51. The van der Waals surface area contributed by atoms with Gasteiger partial charge in [-0.3, -0.25) is 4.99 Å². The molecule has 18 heavy (non-hydrogen) atoms. The third kappa shape index (κ3) is 1.95. The van der Waals surface area contributed by atoms with E-state index in [9.17, 15) is 0 Å². The zero-order valence-electron chi connectivity index (χ0n) is 10.4. The molecule has 2 nitrogen and oxygen atoms in total. The summed E-state index contributed by atoms with van der Waals surface area (Å²) in [6.45, 7) is 5.47. The summed E-state index contributed by atoms with van der Waals surface area (Å²) in [4.78, 5) is 7.11. The van der Waals surface area contributed by atoms with Crippen molar-refractivity contribution in [2.75, 3.05) is 6.54 Å². The van der Waals surface area contributed by atoms with Gasteiger partial charge in [-0.2, -0.15) is 0 Å². The van der Waals surface area contributed by atoms with Gasteiger partial charge in [0.05, 0.1) is 6.04 Å². The lowest BCUT2D eigenvalue weighted by molar-refractivity contribution is 0.222. The topological polar surface area (TPSA) is 15.6 Å². The molecule has 0 bridgehead atoms. The van der Waals surface area contributed by atoms with Crippen LogP contribution in [0.4, 0.5) is 0 Å². The Balaban J connectivity index is 2.05. The predicted molar refractivity (Wildman–Crippen MR) is 78.8 cm³/mol. The molecular weight excluding hydrogens is 264 g/mol. The number of nitrogens with zero attached hydrogens (tertiary/aromatic N) is 2. The molecule has 1 atom stereocenters. The normalized spacial score (nSPS) is 24.9. The molecule has 3 rings (SSSR count). The number of amidine groups is 1. The summed E-state index contributed by atoms with van der Waals surface area (Å²) in [6, 6.07) is 8.16. The molecule has 0 saturated carbocycles. The van der Waals surface area contributed by atoms with Crippen LogP contribution in [0.1, 0.15) is 25.5 Å². The standard InChI is InChI=1S/C14H15ClN2S/c1-14(2)9-17-7-8-18-13(17)16-12(14)10-5-3-4-6-11(10)15/h3-8,12H,9H2,1-2H3. The fraction of sp³-hybridized carbons (Fsp3) is 0.357. The Morgan fingerprint density at radius 3 is 2.94 bits per heavy atom. The van der Waals surface area contributed by atoms with Crippen LogP contribution in [-0.4, -0.2) is 16.6 Å². The van der Waals surface area contributed by atoms with E-state index in [1.54, 1.807) is 11.8 Å². The molecule has 1 aromatic rings. The molecule has 2 heterocycles. The molecule has 2 aliphatic rings. The van der Waals surface area contributed by atoms with Gasteiger partial charge in [-0.1, -0.05) is 55.4 Å². The van der Waals surface area contributed by atoms with Gasteiger partial charge in [0.15, 0.2) is 5.17 Å². The van der Waals surface area contributed by atoms with E-state index in [0.717, 1.165) is 22.3 Å². The molecule has 0 saturated heterocycles. The van der Waals surface area contributed by atoms with Crippen molar-refractivity contribution in [3.8, 4) is 0 Å². The number of halogens is 1. The van der Waals surface area contributed by atoms with Crippen LogP contribution in [0.3, 0.4) is 0 Å². The molecule has 0 radical (unpaired) electrons. The van der Waals surface area contributed by atoms with Crippen LogP contribution in [0.15, 0.2) is 40.9 Å². The maximum atomic E-state index is 6.32. The number of thioether (sulfide) groups is 1. The Kier molecular flexibility index (Phi) is 2.91. The Hall–Kier alpha value is -0.930. The maximum absolute atomic E-state index is 6.32. The van der Waals surface area contributed by atoms with Gasteiger partial charge in [0.2, 0.25) is 0 Å². The number of hydrogen-bond donors (Lipinski definition) is 0. The minimum atomic E-state index is 0.0731. The zero-order valence-corrected chi connectivity index (χ0v) is 12.0. The van der Waals surface area contributed by atoms with Crippen molar-refractivity contribution in [3.05, 3.63) is 46.5 Å². The summed E-state index contributed by atoms with van der Waals surface area (Å²) >= 11 is 8.01. The van der Waals surface area contributed by atoms with E-state index in [1.807, 2.05) is 18.2 Å². The van der Waals surface area contributed by atoms with Gasteiger partial charge in [-0.05, 0) is 17.0 Å². The van der Waals surface area contributed by atoms with Gasteiger partial charge in [-0.15, -0.1) is 0 Å². The van der Waals surface area contributed by atoms with Gasteiger partial charge in [0.25, 0.3) is 0 Å². The largest absolute Gasteiger partial charge is 0.326 e. The monoisotopic (exact) mass is 278 g/mol. The molecule has 0 fully saturated rings. The van der Waals surface area contributed by atoms with Crippen molar-refractivity contribution < 1.29 is 0 Å². The van der Waals surface area contributed by atoms with Crippen molar-refractivity contribution in [2.45, 2.75) is 19.9 Å². The zero-order chi connectivity index (χ0) is 12.8.